The van der Waals surface area contributed by atoms with E-state index in [4.69, 9.17) is 19.6 Å². The lowest BCUT2D eigenvalue weighted by Crippen LogP contribution is -2.15. The molecule has 0 aliphatic rings. The lowest BCUT2D eigenvalue weighted by molar-refractivity contribution is 0.0354. The molecular weight excluding hydrogens is 230 g/mol. The van der Waals surface area contributed by atoms with E-state index in [1.165, 1.54) is 0 Å². The van der Waals surface area contributed by atoms with Gasteiger partial charge in [0.05, 0.1) is 19.5 Å². The zero-order chi connectivity index (χ0) is 12.8. The Kier molecular flexibility index (Phi) is 4.39. The van der Waals surface area contributed by atoms with Crippen LogP contribution in [0, 0.1) is 0 Å². The van der Waals surface area contributed by atoms with Crippen LogP contribution in [0.5, 0.6) is 5.75 Å². The second kappa shape index (κ2) is 6.23. The molecule has 2 N–H and O–H groups in total. The second-order valence-electron chi connectivity index (χ2n) is 3.89. The van der Waals surface area contributed by atoms with Crippen molar-refractivity contribution in [2.45, 2.75) is 12.7 Å². The molecule has 0 radical (unpaired) electrons. The first-order valence-corrected chi connectivity index (χ1v) is 5.81. The monoisotopic (exact) mass is 247 g/mol. The summed E-state index contributed by atoms with van der Waals surface area (Å²) in [6.07, 6.45) is 1.46. The van der Waals surface area contributed by atoms with Crippen molar-refractivity contribution in [1.82, 2.24) is 0 Å². The third kappa shape index (κ3) is 3.12. The van der Waals surface area contributed by atoms with Gasteiger partial charge in [-0.15, -0.1) is 0 Å². The van der Waals surface area contributed by atoms with E-state index in [1.54, 1.807) is 13.4 Å². The fraction of sp³-hybridized carbons (Fsp3) is 0.286. The number of benzene rings is 1. The van der Waals surface area contributed by atoms with Crippen molar-refractivity contribution >= 4 is 0 Å². The Bertz CT molecular complexity index is 468. The van der Waals surface area contributed by atoms with Crippen LogP contribution in [-0.2, 0) is 11.3 Å². The van der Waals surface area contributed by atoms with Gasteiger partial charge in [-0.1, -0.05) is 12.1 Å². The van der Waals surface area contributed by atoms with Gasteiger partial charge in [0, 0.05) is 6.54 Å². The average Bonchev–Trinajstić information content (AvgIpc) is 2.93. The zero-order valence-electron chi connectivity index (χ0n) is 10.3. The van der Waals surface area contributed by atoms with E-state index in [9.17, 15) is 0 Å². The predicted octanol–water partition coefficient (Wildman–Crippen LogP) is 2.50. The zero-order valence-corrected chi connectivity index (χ0v) is 10.3. The van der Waals surface area contributed by atoms with Crippen molar-refractivity contribution in [3.05, 3.63) is 54.0 Å². The summed E-state index contributed by atoms with van der Waals surface area (Å²) in [7, 11) is 1.64. The van der Waals surface area contributed by atoms with Crippen molar-refractivity contribution in [2.24, 2.45) is 5.73 Å². The second-order valence-corrected chi connectivity index (χ2v) is 3.89. The highest BCUT2D eigenvalue weighted by Crippen LogP contribution is 2.22. The number of nitrogens with two attached hydrogens (primary N) is 1. The van der Waals surface area contributed by atoms with Gasteiger partial charge in [-0.2, -0.15) is 0 Å². The maximum atomic E-state index is 5.75. The molecule has 4 nitrogen and oxygen atoms in total. The van der Waals surface area contributed by atoms with Crippen LogP contribution in [0.25, 0.3) is 0 Å². The van der Waals surface area contributed by atoms with Gasteiger partial charge in [-0.05, 0) is 29.8 Å². The van der Waals surface area contributed by atoms with Gasteiger partial charge in [0.25, 0.3) is 0 Å². The van der Waals surface area contributed by atoms with Gasteiger partial charge < -0.3 is 19.6 Å². The number of hydrogen-bond acceptors (Lipinski definition) is 4. The fourth-order valence-corrected chi connectivity index (χ4v) is 1.72. The van der Waals surface area contributed by atoms with Crippen LogP contribution in [0.4, 0.5) is 0 Å². The Morgan fingerprint density at radius 2 is 2.17 bits per heavy atom. The van der Waals surface area contributed by atoms with Crippen molar-refractivity contribution in [1.29, 1.82) is 0 Å². The van der Waals surface area contributed by atoms with E-state index in [-0.39, 0.29) is 6.10 Å². The van der Waals surface area contributed by atoms with Crippen LogP contribution in [0.3, 0.4) is 0 Å². The highest BCUT2D eigenvalue weighted by Gasteiger charge is 2.11. The molecular formula is C14H17NO3. The lowest BCUT2D eigenvalue weighted by atomic mass is 10.1. The molecule has 0 spiro atoms. The molecule has 1 heterocycles. The summed E-state index contributed by atoms with van der Waals surface area (Å²) < 4.78 is 16.2. The molecule has 1 atom stereocenters. The minimum absolute atomic E-state index is 0.162. The van der Waals surface area contributed by atoms with Crippen LogP contribution < -0.4 is 10.5 Å². The largest absolute Gasteiger partial charge is 0.497 e. The summed E-state index contributed by atoms with van der Waals surface area (Å²) in [5.74, 6) is 1.59. The van der Waals surface area contributed by atoms with E-state index in [0.29, 0.717) is 13.2 Å². The molecule has 0 bridgehead atoms. The summed E-state index contributed by atoms with van der Waals surface area (Å²) in [4.78, 5) is 0. The normalized spacial score (nSPS) is 12.3. The van der Waals surface area contributed by atoms with Crippen molar-refractivity contribution in [3.63, 3.8) is 0 Å². The standard InChI is InChI=1S/C14H17NO3/c1-16-12-5-2-4-11(8-12)14(9-15)18-10-13-6-3-7-17-13/h2-8,14H,9-10,15H2,1H3. The molecule has 1 aromatic heterocycles. The van der Waals surface area contributed by atoms with E-state index >= 15 is 0 Å². The first kappa shape index (κ1) is 12.7. The van der Waals surface area contributed by atoms with Crippen LogP contribution in [-0.4, -0.2) is 13.7 Å². The molecule has 2 rings (SSSR count). The first-order valence-electron chi connectivity index (χ1n) is 5.81. The SMILES string of the molecule is COc1cccc(C(CN)OCc2ccco2)c1. The summed E-state index contributed by atoms with van der Waals surface area (Å²) in [6, 6.07) is 11.4. The summed E-state index contributed by atoms with van der Waals surface area (Å²) in [6.45, 7) is 0.819. The highest BCUT2D eigenvalue weighted by molar-refractivity contribution is 5.30. The van der Waals surface area contributed by atoms with Gasteiger partial charge in [0.1, 0.15) is 18.1 Å². The molecule has 0 fully saturated rings. The third-order valence-electron chi connectivity index (χ3n) is 2.69. The first-order chi connectivity index (χ1) is 8.83. The van der Waals surface area contributed by atoms with Gasteiger partial charge in [-0.25, -0.2) is 0 Å². The van der Waals surface area contributed by atoms with Gasteiger partial charge >= 0.3 is 0 Å². The lowest BCUT2D eigenvalue weighted by Gasteiger charge is -2.16. The van der Waals surface area contributed by atoms with Crippen molar-refractivity contribution in [3.8, 4) is 5.75 Å². The van der Waals surface area contributed by atoms with Crippen molar-refractivity contribution in [2.75, 3.05) is 13.7 Å². The number of ether oxygens (including phenoxy) is 2. The number of furan rings is 1. The maximum absolute atomic E-state index is 5.75. The van der Waals surface area contributed by atoms with E-state index in [2.05, 4.69) is 0 Å². The van der Waals surface area contributed by atoms with Crippen LogP contribution in [0.2, 0.25) is 0 Å². The molecule has 0 saturated carbocycles. The molecule has 2 aromatic rings. The molecule has 1 unspecified atom stereocenters. The molecule has 1 aromatic carbocycles. The van der Waals surface area contributed by atoms with Gasteiger partial charge in [-0.3, -0.25) is 0 Å². The molecule has 0 aliphatic carbocycles. The smallest absolute Gasteiger partial charge is 0.129 e. The Labute approximate surface area is 106 Å². The van der Waals surface area contributed by atoms with E-state index in [1.807, 2.05) is 36.4 Å². The molecule has 4 heteroatoms. The molecule has 0 saturated heterocycles. The van der Waals surface area contributed by atoms with Crippen LogP contribution in [0.1, 0.15) is 17.4 Å². The highest BCUT2D eigenvalue weighted by atomic mass is 16.5. The van der Waals surface area contributed by atoms with E-state index in [0.717, 1.165) is 17.1 Å². The number of hydrogen-bond donors (Lipinski definition) is 1. The number of methoxy groups -OCH3 is 1. The Morgan fingerprint density at radius 1 is 1.28 bits per heavy atom. The number of rotatable bonds is 6. The van der Waals surface area contributed by atoms with Crippen LogP contribution in [0.15, 0.2) is 47.1 Å². The third-order valence-corrected chi connectivity index (χ3v) is 2.69. The maximum Gasteiger partial charge on any atom is 0.129 e. The summed E-state index contributed by atoms with van der Waals surface area (Å²) in [5, 5.41) is 0. The quantitative estimate of drug-likeness (QED) is 0.852. The molecule has 0 aliphatic heterocycles. The summed E-state index contributed by atoms with van der Waals surface area (Å²) >= 11 is 0. The Hall–Kier alpha value is -1.78. The van der Waals surface area contributed by atoms with Gasteiger partial charge in [0.15, 0.2) is 0 Å². The topological polar surface area (TPSA) is 57.6 Å². The minimum Gasteiger partial charge on any atom is -0.497 e. The predicted molar refractivity (Wildman–Crippen MR) is 68.3 cm³/mol. The average molecular weight is 247 g/mol. The van der Waals surface area contributed by atoms with E-state index < -0.39 is 0 Å². The Morgan fingerprint density at radius 3 is 2.83 bits per heavy atom. The fourth-order valence-electron chi connectivity index (χ4n) is 1.72. The molecule has 96 valence electrons. The summed E-state index contributed by atoms with van der Waals surface area (Å²) in [5.41, 5.74) is 6.74. The molecule has 0 amide bonds. The van der Waals surface area contributed by atoms with Crippen molar-refractivity contribution < 1.29 is 13.9 Å². The molecule has 18 heavy (non-hydrogen) atoms. The van der Waals surface area contributed by atoms with Crippen LogP contribution >= 0.6 is 0 Å². The van der Waals surface area contributed by atoms with Gasteiger partial charge in [0.2, 0.25) is 0 Å². The minimum atomic E-state index is -0.162. The Balaban J connectivity index is 2.03.